The number of aromatic nitrogens is 2. The molecule has 0 aliphatic carbocycles. The van der Waals surface area contributed by atoms with Gasteiger partial charge in [0.25, 0.3) is 0 Å². The summed E-state index contributed by atoms with van der Waals surface area (Å²) in [6.07, 6.45) is 1.67. The van der Waals surface area contributed by atoms with Crippen molar-refractivity contribution in [2.45, 2.75) is 6.54 Å². The number of aromatic hydroxyl groups is 1. The molecule has 0 spiro atoms. The fourth-order valence-electron chi connectivity index (χ4n) is 2.58. The molecule has 1 aromatic carbocycles. The van der Waals surface area contributed by atoms with Gasteiger partial charge in [-0.05, 0) is 29.8 Å². The van der Waals surface area contributed by atoms with Crippen LogP contribution in [0.25, 0.3) is 11.1 Å². The molecule has 0 unspecified atom stereocenters. The zero-order valence-electron chi connectivity index (χ0n) is 13.6. The summed E-state index contributed by atoms with van der Waals surface area (Å²) in [5.41, 5.74) is 7.82. The zero-order chi connectivity index (χ0) is 18.5. The molecule has 26 heavy (non-hydrogen) atoms. The number of rotatable bonds is 4. The van der Waals surface area contributed by atoms with Gasteiger partial charge in [0.05, 0.1) is 12.2 Å². The first-order valence-electron chi connectivity index (χ1n) is 7.71. The third kappa shape index (κ3) is 3.23. The molecule has 0 amide bonds. The second kappa shape index (κ2) is 7.20. The van der Waals surface area contributed by atoms with E-state index in [1.807, 2.05) is 24.3 Å². The molecule has 7 nitrogen and oxygen atoms in total. The Morgan fingerprint density at radius 1 is 1.08 bits per heavy atom. The van der Waals surface area contributed by atoms with Crippen LogP contribution in [0.15, 0.2) is 48.7 Å². The van der Waals surface area contributed by atoms with E-state index in [1.54, 1.807) is 18.3 Å². The van der Waals surface area contributed by atoms with Crippen LogP contribution in [-0.4, -0.2) is 15.1 Å². The van der Waals surface area contributed by atoms with Crippen LogP contribution >= 0.6 is 0 Å². The summed E-state index contributed by atoms with van der Waals surface area (Å²) in [5, 5.41) is 32.0. The van der Waals surface area contributed by atoms with Crippen molar-refractivity contribution in [2.24, 2.45) is 0 Å². The molecule has 126 valence electrons. The smallest absolute Gasteiger partial charge is 0.147 e. The van der Waals surface area contributed by atoms with Gasteiger partial charge >= 0.3 is 0 Å². The second-order valence-electron chi connectivity index (χ2n) is 5.42. The van der Waals surface area contributed by atoms with Crippen molar-refractivity contribution in [3.05, 3.63) is 65.5 Å². The van der Waals surface area contributed by atoms with E-state index >= 15 is 0 Å². The average Bonchev–Trinajstić information content (AvgIpc) is 2.66. The van der Waals surface area contributed by atoms with E-state index in [1.165, 1.54) is 12.1 Å². The molecule has 0 saturated carbocycles. The molecule has 2 heterocycles. The minimum atomic E-state index is 0.00774. The molecule has 4 N–H and O–H groups in total. The Bertz CT molecular complexity index is 1030. The number of nitrogens with two attached hydrogens (primary N) is 1. The quantitative estimate of drug-likeness (QED) is 0.664. The lowest BCUT2D eigenvalue weighted by Crippen LogP contribution is -2.09. The molecule has 0 aliphatic rings. The molecule has 0 bridgehead atoms. The summed E-state index contributed by atoms with van der Waals surface area (Å²) >= 11 is 0. The minimum Gasteiger partial charge on any atom is -0.508 e. The number of benzene rings is 1. The molecule has 3 aromatic rings. The van der Waals surface area contributed by atoms with Crippen LogP contribution in [0.5, 0.6) is 5.75 Å². The molecule has 0 fully saturated rings. The lowest BCUT2D eigenvalue weighted by atomic mass is 9.96. The van der Waals surface area contributed by atoms with Crippen molar-refractivity contribution in [1.29, 1.82) is 10.5 Å². The van der Waals surface area contributed by atoms with Gasteiger partial charge in [0, 0.05) is 11.8 Å². The van der Waals surface area contributed by atoms with E-state index in [0.29, 0.717) is 17.7 Å². The van der Waals surface area contributed by atoms with Crippen molar-refractivity contribution in [3.63, 3.8) is 0 Å². The highest BCUT2D eigenvalue weighted by molar-refractivity contribution is 5.85. The topological polar surface area (TPSA) is 132 Å². The molecule has 0 aliphatic heterocycles. The van der Waals surface area contributed by atoms with E-state index in [0.717, 1.165) is 5.69 Å². The Labute approximate surface area is 150 Å². The number of pyridine rings is 2. The summed E-state index contributed by atoms with van der Waals surface area (Å²) in [6.45, 7) is 0.341. The van der Waals surface area contributed by atoms with Crippen LogP contribution in [0.3, 0.4) is 0 Å². The number of phenolic OH excluding ortho intramolecular Hbond substituents is 1. The van der Waals surface area contributed by atoms with Crippen molar-refractivity contribution in [2.75, 3.05) is 11.1 Å². The van der Waals surface area contributed by atoms with Gasteiger partial charge in [0.2, 0.25) is 0 Å². The lowest BCUT2D eigenvalue weighted by molar-refractivity contribution is 0.475. The number of hydrogen-bond acceptors (Lipinski definition) is 7. The highest BCUT2D eigenvalue weighted by Crippen LogP contribution is 2.35. The minimum absolute atomic E-state index is 0.00774. The monoisotopic (exact) mass is 342 g/mol. The molecule has 7 heteroatoms. The molecule has 2 aromatic heterocycles. The number of nitrogens with zero attached hydrogens (tertiary/aromatic N) is 4. The van der Waals surface area contributed by atoms with Gasteiger partial charge in [0.15, 0.2) is 0 Å². The van der Waals surface area contributed by atoms with Gasteiger partial charge in [-0.3, -0.25) is 4.98 Å². The van der Waals surface area contributed by atoms with Crippen LogP contribution in [-0.2, 0) is 6.54 Å². The van der Waals surface area contributed by atoms with Crippen molar-refractivity contribution < 1.29 is 5.11 Å². The van der Waals surface area contributed by atoms with Crippen LogP contribution in [0.1, 0.15) is 16.8 Å². The Kier molecular flexibility index (Phi) is 4.64. The number of anilines is 2. The summed E-state index contributed by atoms with van der Waals surface area (Å²) in [6, 6.07) is 15.9. The molecular formula is C19H14N6O. The maximum Gasteiger partial charge on any atom is 0.147 e. The summed E-state index contributed by atoms with van der Waals surface area (Å²) in [4.78, 5) is 8.38. The summed E-state index contributed by atoms with van der Waals surface area (Å²) in [5.74, 6) is 0.287. The molecule has 3 rings (SSSR count). The van der Waals surface area contributed by atoms with E-state index in [4.69, 9.17) is 5.73 Å². The number of nitrogen functional groups attached to an aromatic ring is 1. The first-order valence-corrected chi connectivity index (χ1v) is 7.71. The van der Waals surface area contributed by atoms with Gasteiger partial charge in [0.1, 0.15) is 40.7 Å². The van der Waals surface area contributed by atoms with Gasteiger partial charge < -0.3 is 16.2 Å². The van der Waals surface area contributed by atoms with Crippen molar-refractivity contribution in [3.8, 4) is 29.0 Å². The second-order valence-corrected chi connectivity index (χ2v) is 5.42. The van der Waals surface area contributed by atoms with Crippen molar-refractivity contribution >= 4 is 11.6 Å². The number of hydrogen-bond donors (Lipinski definition) is 3. The summed E-state index contributed by atoms with van der Waals surface area (Å²) < 4.78 is 0. The first-order chi connectivity index (χ1) is 12.6. The third-order valence-electron chi connectivity index (χ3n) is 3.75. The Hall–Kier alpha value is -4.10. The van der Waals surface area contributed by atoms with E-state index < -0.39 is 0 Å². The SMILES string of the molecule is N#Cc1c(N)nc(NCc2ccccn2)c(C#N)c1-c1cccc(O)c1. The van der Waals surface area contributed by atoms with Crippen LogP contribution in [0.2, 0.25) is 0 Å². The Balaban J connectivity index is 2.12. The average molecular weight is 342 g/mol. The highest BCUT2D eigenvalue weighted by atomic mass is 16.3. The van der Waals surface area contributed by atoms with E-state index in [9.17, 15) is 15.6 Å². The van der Waals surface area contributed by atoms with Crippen LogP contribution in [0, 0.1) is 22.7 Å². The fraction of sp³-hybridized carbons (Fsp3) is 0.0526. The van der Waals surface area contributed by atoms with Gasteiger partial charge in [-0.1, -0.05) is 18.2 Å². The largest absolute Gasteiger partial charge is 0.508 e. The van der Waals surface area contributed by atoms with Gasteiger partial charge in [-0.25, -0.2) is 4.98 Å². The Morgan fingerprint density at radius 3 is 2.54 bits per heavy atom. The predicted octanol–water partition coefficient (Wildman–Crippen LogP) is 2.79. The molecule has 0 saturated heterocycles. The Morgan fingerprint density at radius 2 is 1.88 bits per heavy atom. The van der Waals surface area contributed by atoms with Crippen LogP contribution < -0.4 is 11.1 Å². The fourth-order valence-corrected chi connectivity index (χ4v) is 2.58. The van der Waals surface area contributed by atoms with Crippen molar-refractivity contribution in [1.82, 2.24) is 9.97 Å². The van der Waals surface area contributed by atoms with Crippen LogP contribution in [0.4, 0.5) is 11.6 Å². The standard InChI is InChI=1S/C19H14N6O/c20-9-15-17(12-4-3-6-14(26)8-12)16(10-21)19(25-18(15)22)24-11-13-5-1-2-7-23-13/h1-8,26H,11H2,(H3,22,24,25). The van der Waals surface area contributed by atoms with E-state index in [-0.39, 0.29) is 28.5 Å². The maximum absolute atomic E-state index is 9.76. The van der Waals surface area contributed by atoms with Gasteiger partial charge in [-0.2, -0.15) is 10.5 Å². The molecule has 0 radical (unpaired) electrons. The molecular weight excluding hydrogens is 328 g/mol. The number of nitrogens with one attached hydrogen (secondary N) is 1. The first kappa shape index (κ1) is 16.7. The summed E-state index contributed by atoms with van der Waals surface area (Å²) in [7, 11) is 0. The molecule has 0 atom stereocenters. The highest BCUT2D eigenvalue weighted by Gasteiger charge is 2.20. The number of nitriles is 2. The normalized spacial score (nSPS) is 9.92. The maximum atomic E-state index is 9.76. The third-order valence-corrected chi connectivity index (χ3v) is 3.75. The zero-order valence-corrected chi connectivity index (χ0v) is 13.6. The van der Waals surface area contributed by atoms with Gasteiger partial charge in [-0.15, -0.1) is 0 Å². The predicted molar refractivity (Wildman–Crippen MR) is 96.7 cm³/mol. The van der Waals surface area contributed by atoms with E-state index in [2.05, 4.69) is 21.4 Å². The lowest BCUT2D eigenvalue weighted by Gasteiger charge is -2.14. The number of phenols is 1.